The number of aromatic nitrogens is 3. The van der Waals surface area contributed by atoms with Gasteiger partial charge >= 0.3 is 0 Å². The number of rotatable bonds is 3. The lowest BCUT2D eigenvalue weighted by Crippen LogP contribution is -2.35. The van der Waals surface area contributed by atoms with Crippen molar-refractivity contribution in [2.75, 3.05) is 0 Å². The minimum Gasteiger partial charge on any atom is -0.508 e. The van der Waals surface area contributed by atoms with Crippen LogP contribution in [0.1, 0.15) is 61.1 Å². The zero-order valence-electron chi connectivity index (χ0n) is 18.0. The second-order valence-corrected chi connectivity index (χ2v) is 10.1. The summed E-state index contributed by atoms with van der Waals surface area (Å²) >= 11 is 0. The maximum absolute atomic E-state index is 13.1. The van der Waals surface area contributed by atoms with Crippen LogP contribution in [0.15, 0.2) is 48.7 Å². The molecule has 0 aliphatic heterocycles. The first-order valence-electron chi connectivity index (χ1n) is 11.2. The summed E-state index contributed by atoms with van der Waals surface area (Å²) in [6.45, 7) is 4.85. The fourth-order valence-corrected chi connectivity index (χ4v) is 6.96. The smallest absolute Gasteiger partial charge is 0.139 e. The van der Waals surface area contributed by atoms with Crippen LogP contribution in [0.2, 0.25) is 0 Å². The average Bonchev–Trinajstić information content (AvgIpc) is 3.39. The number of fused-ring (bicyclic) bond motifs is 3. The summed E-state index contributed by atoms with van der Waals surface area (Å²) in [6, 6.07) is 14.0. The lowest BCUT2D eigenvalue weighted by Gasteiger charge is -2.42. The SMILES string of the molecule is Cc1c(O)ccc2c1[C@H](Cn1cc(-c3ccccc3)nn1)[C@@]13CC(=O)[C@@](C)(CC[C@@H]21)C3. The molecule has 0 unspecified atom stereocenters. The number of carbonyl (C=O) groups excluding carboxylic acids is 1. The molecule has 2 bridgehead atoms. The highest BCUT2D eigenvalue weighted by Gasteiger charge is 2.65. The molecule has 2 fully saturated rings. The van der Waals surface area contributed by atoms with Gasteiger partial charge in [-0.05, 0) is 60.3 Å². The van der Waals surface area contributed by atoms with Crippen LogP contribution in [-0.2, 0) is 11.3 Å². The van der Waals surface area contributed by atoms with Crippen LogP contribution in [0.5, 0.6) is 5.75 Å². The molecule has 5 nitrogen and oxygen atoms in total. The van der Waals surface area contributed by atoms with Crippen molar-refractivity contribution >= 4 is 5.78 Å². The normalized spacial score (nSPS) is 31.0. The number of hydrogen-bond acceptors (Lipinski definition) is 4. The van der Waals surface area contributed by atoms with E-state index in [0.29, 0.717) is 30.4 Å². The van der Waals surface area contributed by atoms with Crippen molar-refractivity contribution in [2.45, 2.75) is 57.9 Å². The molecule has 3 aliphatic rings. The molecule has 0 radical (unpaired) electrons. The van der Waals surface area contributed by atoms with E-state index in [1.807, 2.05) is 54.2 Å². The van der Waals surface area contributed by atoms with E-state index in [1.54, 1.807) is 0 Å². The number of phenolic OH excluding ortho intramolecular Hbond substituents is 1. The summed E-state index contributed by atoms with van der Waals surface area (Å²) < 4.78 is 1.94. The zero-order chi connectivity index (χ0) is 21.4. The lowest BCUT2D eigenvalue weighted by atomic mass is 9.61. The van der Waals surface area contributed by atoms with Crippen molar-refractivity contribution in [2.24, 2.45) is 10.8 Å². The van der Waals surface area contributed by atoms with Gasteiger partial charge in [-0.1, -0.05) is 48.5 Å². The number of aromatic hydroxyl groups is 1. The topological polar surface area (TPSA) is 68.0 Å². The summed E-state index contributed by atoms with van der Waals surface area (Å²) in [5.74, 6) is 1.28. The molecule has 158 valence electrons. The van der Waals surface area contributed by atoms with Gasteiger partial charge in [0.25, 0.3) is 0 Å². The zero-order valence-corrected chi connectivity index (χ0v) is 18.0. The summed E-state index contributed by atoms with van der Waals surface area (Å²) in [5.41, 5.74) is 5.15. The van der Waals surface area contributed by atoms with Crippen LogP contribution in [0.3, 0.4) is 0 Å². The predicted molar refractivity (Wildman–Crippen MR) is 118 cm³/mol. The molecule has 0 saturated heterocycles. The summed E-state index contributed by atoms with van der Waals surface area (Å²) in [6.07, 6.45) is 5.58. The molecule has 1 aromatic heterocycles. The molecule has 3 aromatic rings. The van der Waals surface area contributed by atoms with Gasteiger partial charge in [0.05, 0.1) is 12.7 Å². The van der Waals surface area contributed by atoms with Gasteiger partial charge < -0.3 is 5.11 Å². The second kappa shape index (κ2) is 6.28. The molecule has 1 N–H and O–H groups in total. The molecule has 5 heteroatoms. The third kappa shape index (κ3) is 2.52. The summed E-state index contributed by atoms with van der Waals surface area (Å²) in [7, 11) is 0. The molecule has 0 amide bonds. The minimum absolute atomic E-state index is 0.0795. The van der Waals surface area contributed by atoms with Crippen molar-refractivity contribution in [1.82, 2.24) is 15.0 Å². The van der Waals surface area contributed by atoms with E-state index in [0.717, 1.165) is 36.1 Å². The fourth-order valence-electron chi connectivity index (χ4n) is 6.96. The Morgan fingerprint density at radius 1 is 1.19 bits per heavy atom. The van der Waals surface area contributed by atoms with Gasteiger partial charge in [0, 0.05) is 23.3 Å². The quantitative estimate of drug-likeness (QED) is 0.657. The maximum atomic E-state index is 13.1. The number of carbonyl (C=O) groups is 1. The molecule has 6 rings (SSSR count). The Hall–Kier alpha value is -2.95. The number of hydrogen-bond donors (Lipinski definition) is 1. The predicted octanol–water partition coefficient (Wildman–Crippen LogP) is 4.99. The lowest BCUT2D eigenvalue weighted by molar-refractivity contribution is -0.125. The van der Waals surface area contributed by atoms with Gasteiger partial charge in [0.2, 0.25) is 0 Å². The molecule has 1 heterocycles. The largest absolute Gasteiger partial charge is 0.508 e. The number of phenols is 1. The van der Waals surface area contributed by atoms with Gasteiger partial charge in [-0.3, -0.25) is 9.48 Å². The molecule has 2 saturated carbocycles. The number of benzene rings is 2. The first-order valence-corrected chi connectivity index (χ1v) is 11.2. The Kier molecular flexibility index (Phi) is 3.81. The van der Waals surface area contributed by atoms with Crippen LogP contribution in [0, 0.1) is 17.8 Å². The molecule has 4 atom stereocenters. The monoisotopic (exact) mass is 413 g/mol. The number of nitrogens with zero attached hydrogens (tertiary/aromatic N) is 3. The summed E-state index contributed by atoms with van der Waals surface area (Å²) in [5, 5.41) is 19.4. The van der Waals surface area contributed by atoms with Crippen molar-refractivity contribution < 1.29 is 9.90 Å². The fraction of sp³-hybridized carbons (Fsp3) is 0.423. The third-order valence-corrected chi connectivity index (χ3v) is 8.48. The highest BCUT2D eigenvalue weighted by molar-refractivity contribution is 5.89. The van der Waals surface area contributed by atoms with Crippen molar-refractivity contribution in [3.8, 4) is 17.0 Å². The Morgan fingerprint density at radius 2 is 2.00 bits per heavy atom. The van der Waals surface area contributed by atoms with E-state index in [1.165, 1.54) is 11.1 Å². The average molecular weight is 414 g/mol. The van der Waals surface area contributed by atoms with E-state index in [-0.39, 0.29) is 16.7 Å². The molecule has 3 aliphatic carbocycles. The molecule has 1 spiro atoms. The molecule has 2 aromatic carbocycles. The molecular formula is C26H27N3O2. The van der Waals surface area contributed by atoms with Crippen molar-refractivity contribution in [1.29, 1.82) is 0 Å². The van der Waals surface area contributed by atoms with Crippen LogP contribution < -0.4 is 0 Å². The Bertz CT molecular complexity index is 1200. The molecular weight excluding hydrogens is 386 g/mol. The van der Waals surface area contributed by atoms with E-state index in [2.05, 4.69) is 23.3 Å². The van der Waals surface area contributed by atoms with Crippen LogP contribution in [-0.4, -0.2) is 25.9 Å². The van der Waals surface area contributed by atoms with Gasteiger partial charge in [0.1, 0.15) is 17.2 Å². The highest BCUT2D eigenvalue weighted by atomic mass is 16.3. The Labute approximate surface area is 182 Å². The third-order valence-electron chi connectivity index (χ3n) is 8.48. The van der Waals surface area contributed by atoms with E-state index < -0.39 is 0 Å². The first kappa shape index (κ1) is 18.8. The van der Waals surface area contributed by atoms with Gasteiger partial charge in [-0.25, -0.2) is 0 Å². The Balaban J connectivity index is 1.45. The van der Waals surface area contributed by atoms with E-state index >= 15 is 0 Å². The van der Waals surface area contributed by atoms with Gasteiger partial charge in [0.15, 0.2) is 0 Å². The summed E-state index contributed by atoms with van der Waals surface area (Å²) in [4.78, 5) is 13.1. The maximum Gasteiger partial charge on any atom is 0.139 e. The van der Waals surface area contributed by atoms with Crippen LogP contribution in [0.4, 0.5) is 0 Å². The van der Waals surface area contributed by atoms with Crippen LogP contribution in [0.25, 0.3) is 11.3 Å². The van der Waals surface area contributed by atoms with Crippen molar-refractivity contribution in [3.05, 3.63) is 65.4 Å². The molecule has 31 heavy (non-hydrogen) atoms. The number of Topliss-reactive ketones (excluding diaryl/α,β-unsaturated/α-hetero) is 1. The standard InChI is InChI=1S/C26H27N3O2/c1-16-22(30)9-8-18-19-10-11-25(2)15-26(19,12-23(25)31)20(24(16)18)13-29-14-21(27-28-29)17-6-4-3-5-7-17/h3-9,14,19-20,30H,10-13,15H2,1-2H3/t19-,20-,25-,26+/m0/s1. The Morgan fingerprint density at radius 3 is 2.81 bits per heavy atom. The minimum atomic E-state index is -0.204. The second-order valence-electron chi connectivity index (χ2n) is 10.1. The highest BCUT2D eigenvalue weighted by Crippen LogP contribution is 2.72. The van der Waals surface area contributed by atoms with Gasteiger partial charge in [-0.15, -0.1) is 5.10 Å². The van der Waals surface area contributed by atoms with Crippen LogP contribution >= 0.6 is 0 Å². The number of ketones is 1. The van der Waals surface area contributed by atoms with E-state index in [4.69, 9.17) is 0 Å². The van der Waals surface area contributed by atoms with Gasteiger partial charge in [-0.2, -0.15) is 0 Å². The first-order chi connectivity index (χ1) is 14.9. The van der Waals surface area contributed by atoms with Crippen molar-refractivity contribution in [3.63, 3.8) is 0 Å². The van der Waals surface area contributed by atoms with E-state index in [9.17, 15) is 9.90 Å².